The van der Waals surface area contributed by atoms with Gasteiger partial charge in [-0.25, -0.2) is 4.79 Å². The van der Waals surface area contributed by atoms with Crippen LogP contribution in [0.5, 0.6) is 0 Å². The molecule has 15 heteroatoms. The molecule has 124 valence electrons. The Morgan fingerprint density at radius 1 is 1.33 bits per heavy atom. The minimum atomic E-state index is -5.27. The number of halogens is 1. The van der Waals surface area contributed by atoms with Crippen LogP contribution < -0.4 is 80.2 Å². The van der Waals surface area contributed by atoms with Gasteiger partial charge in [0.1, 0.15) is 18.3 Å². The van der Waals surface area contributed by atoms with Crippen LogP contribution in [0.2, 0.25) is 0 Å². The van der Waals surface area contributed by atoms with Gasteiger partial charge in [0.2, 0.25) is 0 Å². The number of hydrogen-bond donors (Lipinski definition) is 3. The molecule has 0 bridgehead atoms. The number of nitrogens with zero attached hydrogens (tertiary/aromatic N) is 1. The summed E-state index contributed by atoms with van der Waals surface area (Å²) in [4.78, 5) is 45.8. The molecule has 24 heavy (non-hydrogen) atoms. The molecule has 0 aliphatic carbocycles. The van der Waals surface area contributed by atoms with Crippen LogP contribution in [0.15, 0.2) is 15.8 Å². The van der Waals surface area contributed by atoms with Gasteiger partial charge in [-0.15, -0.1) is 0 Å². The molecule has 4 atom stereocenters. The van der Waals surface area contributed by atoms with E-state index >= 15 is 0 Å². The van der Waals surface area contributed by atoms with Crippen molar-refractivity contribution in [1.82, 2.24) is 9.55 Å². The smallest absolute Gasteiger partial charge is 0.790 e. The van der Waals surface area contributed by atoms with Gasteiger partial charge in [-0.05, 0) is 22.6 Å². The van der Waals surface area contributed by atoms with Crippen LogP contribution >= 0.6 is 30.4 Å². The van der Waals surface area contributed by atoms with Crippen LogP contribution in [-0.4, -0.2) is 44.7 Å². The summed E-state index contributed by atoms with van der Waals surface area (Å²) in [7, 11) is -5.27. The second-order valence-electron chi connectivity index (χ2n) is 4.43. The molecule has 0 radical (unpaired) electrons. The summed E-state index contributed by atoms with van der Waals surface area (Å²) >= 11 is 1.65. The summed E-state index contributed by atoms with van der Waals surface area (Å²) < 4.78 is 20.5. The molecule has 3 N–H and O–H groups in total. The SMILES string of the molecule is O=c1[nH]c(=O)n([C@@H]2O[C@H](COP(=O)([O-])[O-])[C@@H](O)[C@H]2O)cc1I.[Na+].[Na+]. The van der Waals surface area contributed by atoms with Crippen LogP contribution in [0, 0.1) is 3.57 Å². The number of hydrogen-bond acceptors (Lipinski definition) is 9. The predicted octanol–water partition coefficient (Wildman–Crippen LogP) is -9.39. The molecule has 0 saturated carbocycles. The quantitative estimate of drug-likeness (QED) is 0.209. The van der Waals surface area contributed by atoms with Crippen LogP contribution in [0.4, 0.5) is 0 Å². The minimum Gasteiger partial charge on any atom is -0.790 e. The van der Waals surface area contributed by atoms with Crippen molar-refractivity contribution in [2.75, 3.05) is 6.61 Å². The fourth-order valence-electron chi connectivity index (χ4n) is 1.91. The molecule has 1 aliphatic heterocycles. The molecule has 1 saturated heterocycles. The molecule has 0 unspecified atom stereocenters. The Morgan fingerprint density at radius 3 is 2.46 bits per heavy atom. The van der Waals surface area contributed by atoms with Crippen molar-refractivity contribution in [2.45, 2.75) is 24.5 Å². The molecular weight excluding hydrogens is 484 g/mol. The van der Waals surface area contributed by atoms with Crippen molar-refractivity contribution in [3.05, 3.63) is 30.6 Å². The van der Waals surface area contributed by atoms with E-state index < -0.39 is 50.2 Å². The first-order valence-corrected chi connectivity index (χ1v) is 8.33. The van der Waals surface area contributed by atoms with E-state index in [4.69, 9.17) is 4.74 Å². The van der Waals surface area contributed by atoms with Gasteiger partial charge in [0.05, 0.1) is 18.0 Å². The largest absolute Gasteiger partial charge is 1.00 e. The third kappa shape index (κ3) is 6.23. The Labute approximate surface area is 192 Å². The Hall–Kier alpha value is 1.40. The van der Waals surface area contributed by atoms with E-state index in [0.29, 0.717) is 0 Å². The number of nitrogens with one attached hydrogen (secondary N) is 1. The number of aliphatic hydroxyl groups excluding tert-OH is 2. The van der Waals surface area contributed by atoms with E-state index in [9.17, 15) is 34.2 Å². The summed E-state index contributed by atoms with van der Waals surface area (Å²) in [5, 5.41) is 19.6. The van der Waals surface area contributed by atoms with E-state index in [1.165, 1.54) is 0 Å². The Morgan fingerprint density at radius 2 is 1.92 bits per heavy atom. The number of aromatic amines is 1. The van der Waals surface area contributed by atoms with Crippen molar-refractivity contribution in [2.24, 2.45) is 0 Å². The zero-order chi connectivity index (χ0) is 16.7. The van der Waals surface area contributed by atoms with Gasteiger partial charge < -0.3 is 33.8 Å². The van der Waals surface area contributed by atoms with Gasteiger partial charge in [0, 0.05) is 6.20 Å². The normalized spacial score (nSPS) is 26.5. The Bertz CT molecular complexity index is 722. The first-order valence-electron chi connectivity index (χ1n) is 5.79. The van der Waals surface area contributed by atoms with Gasteiger partial charge in [-0.1, -0.05) is 0 Å². The van der Waals surface area contributed by atoms with Crippen molar-refractivity contribution in [3.8, 4) is 0 Å². The average molecular weight is 494 g/mol. The molecule has 11 nitrogen and oxygen atoms in total. The van der Waals surface area contributed by atoms with Gasteiger partial charge in [0.25, 0.3) is 5.56 Å². The summed E-state index contributed by atoms with van der Waals surface area (Å²) in [5.74, 6) is 0. The number of rotatable bonds is 4. The second-order valence-corrected chi connectivity index (χ2v) is 6.75. The topological polar surface area (TPSA) is 177 Å². The fraction of sp³-hybridized carbons (Fsp3) is 0.556. The van der Waals surface area contributed by atoms with Gasteiger partial charge in [-0.3, -0.25) is 14.3 Å². The summed E-state index contributed by atoms with van der Waals surface area (Å²) in [6.45, 7) is -0.811. The van der Waals surface area contributed by atoms with Crippen LogP contribution in [0.1, 0.15) is 6.23 Å². The molecule has 2 rings (SSSR count). The monoisotopic (exact) mass is 494 g/mol. The van der Waals surface area contributed by atoms with E-state index in [-0.39, 0.29) is 62.7 Å². The third-order valence-corrected chi connectivity index (χ3v) is 4.17. The van der Waals surface area contributed by atoms with Crippen molar-refractivity contribution in [3.63, 3.8) is 0 Å². The maximum atomic E-state index is 11.7. The van der Waals surface area contributed by atoms with Crippen LogP contribution in [-0.2, 0) is 13.8 Å². The molecule has 0 aromatic carbocycles. The molecule has 1 fully saturated rings. The number of ether oxygens (including phenoxy) is 1. The second kappa shape index (κ2) is 10.1. The van der Waals surface area contributed by atoms with Gasteiger partial charge in [0.15, 0.2) is 6.23 Å². The maximum Gasteiger partial charge on any atom is 1.00 e. The predicted molar refractivity (Wildman–Crippen MR) is 73.5 cm³/mol. The number of aliphatic hydroxyl groups is 2. The van der Waals surface area contributed by atoms with Crippen molar-refractivity contribution >= 4 is 30.4 Å². The minimum absolute atomic E-state index is 0. The summed E-state index contributed by atoms with van der Waals surface area (Å²) in [6, 6.07) is 0. The van der Waals surface area contributed by atoms with Gasteiger partial charge >= 0.3 is 64.8 Å². The van der Waals surface area contributed by atoms with Crippen molar-refractivity contribution in [1.29, 1.82) is 0 Å². The molecule has 1 aliphatic rings. The molecule has 1 aromatic rings. The van der Waals surface area contributed by atoms with E-state index in [1.54, 1.807) is 22.6 Å². The number of phosphoric ester groups is 1. The average Bonchev–Trinajstić information content (AvgIpc) is 2.68. The molecule has 0 spiro atoms. The number of H-pyrrole nitrogens is 1. The molecule has 2 heterocycles. The zero-order valence-electron chi connectivity index (χ0n) is 12.6. The standard InChI is InChI=1S/C9H12IN2O9P.2Na/c10-3-1-12(9(16)11-7(3)15)8-6(14)5(13)4(21-8)2-20-22(17,18)19;;/h1,4-6,8,13-14H,2H2,(H,11,15,16)(H2,17,18,19);;/q;2*+1/p-2/t4-,5-,6-,8-;;/m1../s1. The van der Waals surface area contributed by atoms with Crippen LogP contribution in [0.3, 0.4) is 0 Å². The molecule has 0 amide bonds. The number of aromatic nitrogens is 2. The third-order valence-electron chi connectivity index (χ3n) is 2.93. The van der Waals surface area contributed by atoms with E-state index in [0.717, 1.165) is 10.8 Å². The summed E-state index contributed by atoms with van der Waals surface area (Å²) in [6.07, 6.45) is -4.79. The number of phosphoric acid groups is 1. The molecule has 1 aromatic heterocycles. The van der Waals surface area contributed by atoms with Crippen molar-refractivity contribution < 1.29 is 92.9 Å². The summed E-state index contributed by atoms with van der Waals surface area (Å²) in [5.41, 5.74) is -1.52. The van der Waals surface area contributed by atoms with Gasteiger partial charge in [-0.2, -0.15) is 0 Å². The first kappa shape index (κ1) is 25.4. The Balaban J connectivity index is 0.00000264. The molecular formula is C9H10IN2Na2O9P. The Kier molecular flexibility index (Phi) is 10.7. The van der Waals surface area contributed by atoms with E-state index in [1.807, 2.05) is 4.98 Å². The van der Waals surface area contributed by atoms with E-state index in [2.05, 4.69) is 4.52 Å². The maximum absolute atomic E-state index is 11.7. The fourth-order valence-corrected chi connectivity index (χ4v) is 2.68. The zero-order valence-corrected chi connectivity index (χ0v) is 19.7. The first-order chi connectivity index (χ1) is 10.1. The van der Waals surface area contributed by atoms with Crippen LogP contribution in [0.25, 0.3) is 0 Å².